The van der Waals surface area contributed by atoms with Crippen molar-refractivity contribution in [2.75, 3.05) is 0 Å². The van der Waals surface area contributed by atoms with Crippen LogP contribution in [-0.2, 0) is 0 Å². The largest absolute Gasteiger partial charge is 0.491 e. The normalized spacial score (nSPS) is 20.1. The Hall–Kier alpha value is -1.02. The Kier molecular flexibility index (Phi) is 3.96. The van der Waals surface area contributed by atoms with Gasteiger partial charge in [-0.15, -0.1) is 0 Å². The van der Waals surface area contributed by atoms with Gasteiger partial charge in [-0.3, -0.25) is 0 Å². The first-order valence-corrected chi connectivity index (χ1v) is 6.96. The van der Waals surface area contributed by atoms with Crippen molar-refractivity contribution in [3.8, 4) is 5.75 Å². The van der Waals surface area contributed by atoms with Gasteiger partial charge < -0.3 is 9.84 Å². The number of rotatable bonds is 4. The van der Waals surface area contributed by atoms with Gasteiger partial charge >= 0.3 is 0 Å². The van der Waals surface area contributed by atoms with Gasteiger partial charge in [-0.1, -0.05) is 31.9 Å². The van der Waals surface area contributed by atoms with E-state index in [1.54, 1.807) is 0 Å². The third-order valence-electron chi connectivity index (χ3n) is 3.95. The van der Waals surface area contributed by atoms with E-state index in [0.717, 1.165) is 24.2 Å². The van der Waals surface area contributed by atoms with Crippen LogP contribution >= 0.6 is 0 Å². The molecule has 0 aromatic heterocycles. The molecule has 2 nitrogen and oxygen atoms in total. The van der Waals surface area contributed by atoms with E-state index < -0.39 is 0 Å². The van der Waals surface area contributed by atoms with Crippen LogP contribution in [0, 0.1) is 5.41 Å². The molecule has 1 saturated carbocycles. The Balaban J connectivity index is 2.17. The predicted octanol–water partition coefficient (Wildman–Crippen LogP) is 4.09. The second-order valence-corrected chi connectivity index (χ2v) is 6.00. The van der Waals surface area contributed by atoms with Crippen molar-refractivity contribution in [2.45, 2.75) is 58.7 Å². The molecule has 1 fully saturated rings. The molecular weight excluding hydrogens is 224 g/mol. The lowest BCUT2D eigenvalue weighted by atomic mass is 9.79. The lowest BCUT2D eigenvalue weighted by molar-refractivity contribution is 0.0405. The Morgan fingerprint density at radius 1 is 1.22 bits per heavy atom. The summed E-state index contributed by atoms with van der Waals surface area (Å²) >= 11 is 0. The van der Waals surface area contributed by atoms with Gasteiger partial charge in [0.2, 0.25) is 0 Å². The van der Waals surface area contributed by atoms with Gasteiger partial charge in [0.15, 0.2) is 0 Å². The molecule has 2 rings (SSSR count). The van der Waals surface area contributed by atoms with E-state index in [1.807, 2.05) is 38.1 Å². The maximum atomic E-state index is 10.6. The number of hydrogen-bond donors (Lipinski definition) is 1. The Morgan fingerprint density at radius 2 is 1.89 bits per heavy atom. The molecule has 1 N–H and O–H groups in total. The van der Waals surface area contributed by atoms with Gasteiger partial charge in [-0.25, -0.2) is 0 Å². The van der Waals surface area contributed by atoms with E-state index in [2.05, 4.69) is 6.92 Å². The number of ether oxygens (including phenoxy) is 1. The van der Waals surface area contributed by atoms with Crippen molar-refractivity contribution < 1.29 is 9.84 Å². The molecule has 1 aromatic carbocycles. The van der Waals surface area contributed by atoms with E-state index in [9.17, 15) is 5.11 Å². The summed E-state index contributed by atoms with van der Waals surface area (Å²) in [5.41, 5.74) is 1.02. The van der Waals surface area contributed by atoms with Crippen molar-refractivity contribution in [3.05, 3.63) is 29.8 Å². The molecule has 1 atom stereocenters. The lowest BCUT2D eigenvalue weighted by Gasteiger charge is -2.30. The van der Waals surface area contributed by atoms with Gasteiger partial charge in [0.05, 0.1) is 12.2 Å². The first kappa shape index (κ1) is 13.4. The molecule has 0 saturated heterocycles. The average molecular weight is 248 g/mol. The molecule has 18 heavy (non-hydrogen) atoms. The van der Waals surface area contributed by atoms with Gasteiger partial charge in [-0.05, 0) is 49.8 Å². The fourth-order valence-corrected chi connectivity index (χ4v) is 2.89. The molecule has 1 aromatic rings. The highest BCUT2D eigenvalue weighted by Crippen LogP contribution is 2.47. The molecule has 1 aliphatic rings. The third-order valence-corrected chi connectivity index (χ3v) is 3.95. The van der Waals surface area contributed by atoms with Crippen LogP contribution in [0.25, 0.3) is 0 Å². The van der Waals surface area contributed by atoms with Gasteiger partial charge in [0.1, 0.15) is 5.75 Å². The molecule has 0 bridgehead atoms. The molecule has 0 aliphatic heterocycles. The fourth-order valence-electron chi connectivity index (χ4n) is 2.89. The number of aliphatic hydroxyl groups is 1. The number of benzene rings is 1. The van der Waals surface area contributed by atoms with Gasteiger partial charge in [-0.2, -0.15) is 0 Å². The standard InChI is InChI=1S/C16H24O2/c1-12(2)18-14-8-6-7-13(11-14)15(17)16(3)9-4-5-10-16/h6-8,11-12,15,17H,4-5,9-10H2,1-3H3. The smallest absolute Gasteiger partial charge is 0.120 e. The average Bonchev–Trinajstić information content (AvgIpc) is 2.76. The number of aliphatic hydroxyl groups excluding tert-OH is 1. The Bertz CT molecular complexity index is 392. The van der Waals surface area contributed by atoms with E-state index in [0.29, 0.717) is 0 Å². The molecule has 0 heterocycles. The second-order valence-electron chi connectivity index (χ2n) is 6.00. The summed E-state index contributed by atoms with van der Waals surface area (Å²) in [6.07, 6.45) is 4.48. The topological polar surface area (TPSA) is 29.5 Å². The summed E-state index contributed by atoms with van der Waals surface area (Å²) < 4.78 is 5.69. The third kappa shape index (κ3) is 2.86. The monoisotopic (exact) mass is 248 g/mol. The maximum absolute atomic E-state index is 10.6. The van der Waals surface area contributed by atoms with E-state index in [-0.39, 0.29) is 17.6 Å². The minimum atomic E-state index is -0.379. The van der Waals surface area contributed by atoms with Crippen LogP contribution in [0.15, 0.2) is 24.3 Å². The predicted molar refractivity (Wildman–Crippen MR) is 73.7 cm³/mol. The summed E-state index contributed by atoms with van der Waals surface area (Å²) in [6.45, 7) is 6.23. The summed E-state index contributed by atoms with van der Waals surface area (Å²) in [6, 6.07) is 7.90. The van der Waals surface area contributed by atoms with Crippen LogP contribution < -0.4 is 4.74 Å². The summed E-state index contributed by atoms with van der Waals surface area (Å²) in [4.78, 5) is 0. The van der Waals surface area contributed by atoms with Crippen LogP contribution in [-0.4, -0.2) is 11.2 Å². The summed E-state index contributed by atoms with van der Waals surface area (Å²) in [5.74, 6) is 0.850. The molecule has 1 aliphatic carbocycles. The molecule has 2 heteroatoms. The quantitative estimate of drug-likeness (QED) is 0.869. The molecule has 100 valence electrons. The van der Waals surface area contributed by atoms with Crippen molar-refractivity contribution in [1.82, 2.24) is 0 Å². The van der Waals surface area contributed by atoms with Crippen molar-refractivity contribution >= 4 is 0 Å². The van der Waals surface area contributed by atoms with Crippen molar-refractivity contribution in [1.29, 1.82) is 0 Å². The first-order valence-electron chi connectivity index (χ1n) is 6.96. The molecular formula is C16H24O2. The van der Waals surface area contributed by atoms with Crippen LogP contribution in [0.2, 0.25) is 0 Å². The minimum absolute atomic E-state index is 0.0381. The van der Waals surface area contributed by atoms with Crippen LogP contribution in [0.4, 0.5) is 0 Å². The minimum Gasteiger partial charge on any atom is -0.491 e. The van der Waals surface area contributed by atoms with Gasteiger partial charge in [0, 0.05) is 0 Å². The fraction of sp³-hybridized carbons (Fsp3) is 0.625. The summed E-state index contributed by atoms with van der Waals surface area (Å²) in [5, 5.41) is 10.6. The molecule has 1 unspecified atom stereocenters. The van der Waals surface area contributed by atoms with Crippen LogP contribution in [0.1, 0.15) is 58.1 Å². The van der Waals surface area contributed by atoms with E-state index in [4.69, 9.17) is 4.74 Å². The Labute approximate surface area is 110 Å². The van der Waals surface area contributed by atoms with E-state index >= 15 is 0 Å². The first-order chi connectivity index (χ1) is 8.51. The zero-order valence-electron chi connectivity index (χ0n) is 11.6. The highest BCUT2D eigenvalue weighted by atomic mass is 16.5. The van der Waals surface area contributed by atoms with Crippen molar-refractivity contribution in [2.24, 2.45) is 5.41 Å². The highest BCUT2D eigenvalue weighted by Gasteiger charge is 2.36. The van der Waals surface area contributed by atoms with E-state index in [1.165, 1.54) is 12.8 Å². The SMILES string of the molecule is CC(C)Oc1cccc(C(O)C2(C)CCCC2)c1. The van der Waals surface area contributed by atoms with Gasteiger partial charge in [0.25, 0.3) is 0 Å². The molecule has 0 amide bonds. The zero-order chi connectivity index (χ0) is 13.2. The number of hydrogen-bond acceptors (Lipinski definition) is 2. The van der Waals surface area contributed by atoms with Crippen molar-refractivity contribution in [3.63, 3.8) is 0 Å². The molecule has 0 spiro atoms. The van der Waals surface area contributed by atoms with Crippen LogP contribution in [0.3, 0.4) is 0 Å². The lowest BCUT2D eigenvalue weighted by Crippen LogP contribution is -2.22. The zero-order valence-corrected chi connectivity index (χ0v) is 11.6. The van der Waals surface area contributed by atoms with Crippen LogP contribution in [0.5, 0.6) is 5.75 Å². The second kappa shape index (κ2) is 5.31. The Morgan fingerprint density at radius 3 is 2.50 bits per heavy atom. The summed E-state index contributed by atoms with van der Waals surface area (Å²) in [7, 11) is 0. The maximum Gasteiger partial charge on any atom is 0.120 e. The molecule has 0 radical (unpaired) electrons. The highest BCUT2D eigenvalue weighted by molar-refractivity contribution is 5.31.